The number of carbonyl (C=O) groups excluding carboxylic acids is 1. The Morgan fingerprint density at radius 2 is 1.72 bits per heavy atom. The predicted octanol–water partition coefficient (Wildman–Crippen LogP) is 1.97. The zero-order valence-electron chi connectivity index (χ0n) is 16.8. The summed E-state index contributed by atoms with van der Waals surface area (Å²) >= 11 is 0. The summed E-state index contributed by atoms with van der Waals surface area (Å²) in [5.74, 6) is 0. The second-order valence-corrected chi connectivity index (χ2v) is 9.09. The second-order valence-electron chi connectivity index (χ2n) is 7.32. The van der Waals surface area contributed by atoms with Gasteiger partial charge in [0.25, 0.3) is 0 Å². The van der Waals surface area contributed by atoms with Crippen molar-refractivity contribution in [2.75, 3.05) is 39.8 Å². The monoisotopic (exact) mass is 416 g/mol. The van der Waals surface area contributed by atoms with Crippen molar-refractivity contribution in [1.29, 1.82) is 0 Å². The van der Waals surface area contributed by atoms with E-state index in [-0.39, 0.29) is 30.1 Å². The number of rotatable bonds is 6. The molecule has 0 bridgehead atoms. The van der Waals surface area contributed by atoms with E-state index >= 15 is 0 Å². The molecule has 0 aliphatic carbocycles. The molecule has 7 nitrogen and oxygen atoms in total. The van der Waals surface area contributed by atoms with Gasteiger partial charge in [0, 0.05) is 32.7 Å². The Hall–Kier alpha value is -2.42. The SMILES string of the molecule is Cc1ccc(S(=O)(=O)NCCNC(=O)N2CCN(C)C[C@@H]2c2ccccc2)cc1. The molecule has 1 aliphatic heterocycles. The highest BCUT2D eigenvalue weighted by atomic mass is 32.2. The van der Waals surface area contributed by atoms with E-state index < -0.39 is 10.0 Å². The van der Waals surface area contributed by atoms with Crippen LogP contribution in [0.1, 0.15) is 17.2 Å². The molecule has 1 aliphatic rings. The van der Waals surface area contributed by atoms with Gasteiger partial charge in [-0.05, 0) is 31.7 Å². The maximum absolute atomic E-state index is 12.7. The third-order valence-electron chi connectivity index (χ3n) is 5.05. The Balaban J connectivity index is 1.55. The van der Waals surface area contributed by atoms with Crippen molar-refractivity contribution in [3.63, 3.8) is 0 Å². The van der Waals surface area contributed by atoms with Crippen LogP contribution in [0.15, 0.2) is 59.5 Å². The van der Waals surface area contributed by atoms with Crippen LogP contribution >= 0.6 is 0 Å². The van der Waals surface area contributed by atoms with Crippen LogP contribution in [0, 0.1) is 6.92 Å². The summed E-state index contributed by atoms with van der Waals surface area (Å²) in [5.41, 5.74) is 2.09. The molecule has 0 spiro atoms. The minimum Gasteiger partial charge on any atom is -0.337 e. The van der Waals surface area contributed by atoms with Crippen LogP contribution in [-0.2, 0) is 10.0 Å². The second kappa shape index (κ2) is 9.39. The molecule has 156 valence electrons. The van der Waals surface area contributed by atoms with Crippen LogP contribution in [0.4, 0.5) is 4.79 Å². The van der Waals surface area contributed by atoms with E-state index in [0.717, 1.165) is 24.2 Å². The van der Waals surface area contributed by atoms with Gasteiger partial charge in [0.1, 0.15) is 0 Å². The molecule has 0 radical (unpaired) electrons. The third-order valence-corrected chi connectivity index (χ3v) is 6.53. The summed E-state index contributed by atoms with van der Waals surface area (Å²) in [6, 6.07) is 16.4. The van der Waals surface area contributed by atoms with Crippen molar-refractivity contribution < 1.29 is 13.2 Å². The lowest BCUT2D eigenvalue weighted by molar-refractivity contribution is 0.109. The molecule has 8 heteroatoms. The number of hydrogen-bond acceptors (Lipinski definition) is 4. The first-order chi connectivity index (χ1) is 13.9. The molecule has 29 heavy (non-hydrogen) atoms. The number of likely N-dealkylation sites (N-methyl/N-ethyl adjacent to an activating group) is 1. The molecule has 0 saturated carbocycles. The molecular formula is C21H28N4O3S. The van der Waals surface area contributed by atoms with Gasteiger partial charge in [-0.1, -0.05) is 48.0 Å². The summed E-state index contributed by atoms with van der Waals surface area (Å²) in [4.78, 5) is 17.0. The lowest BCUT2D eigenvalue weighted by atomic mass is 10.0. The van der Waals surface area contributed by atoms with Crippen LogP contribution in [0.25, 0.3) is 0 Å². The number of amides is 2. The standard InChI is InChI=1S/C21H28N4O3S/c1-17-8-10-19(11-9-17)29(27,28)23-13-12-22-21(26)25-15-14-24(2)16-20(25)18-6-4-3-5-7-18/h3-11,20,23H,12-16H2,1-2H3,(H,22,26)/t20-/m1/s1. The van der Waals surface area contributed by atoms with Crippen molar-refractivity contribution in [3.8, 4) is 0 Å². The van der Waals surface area contributed by atoms with Gasteiger partial charge < -0.3 is 15.1 Å². The average Bonchev–Trinajstić information content (AvgIpc) is 2.72. The first kappa shape index (κ1) is 21.3. The normalized spacial score (nSPS) is 17.9. The van der Waals surface area contributed by atoms with Crippen LogP contribution < -0.4 is 10.0 Å². The number of hydrogen-bond donors (Lipinski definition) is 2. The van der Waals surface area contributed by atoms with Crippen molar-refractivity contribution in [1.82, 2.24) is 19.8 Å². The number of carbonyl (C=O) groups is 1. The molecule has 2 aromatic carbocycles. The Morgan fingerprint density at radius 1 is 1.03 bits per heavy atom. The lowest BCUT2D eigenvalue weighted by Crippen LogP contribution is -2.53. The van der Waals surface area contributed by atoms with Crippen molar-refractivity contribution >= 4 is 16.1 Å². The first-order valence-electron chi connectivity index (χ1n) is 9.71. The van der Waals surface area contributed by atoms with Gasteiger partial charge in [-0.3, -0.25) is 0 Å². The zero-order chi connectivity index (χ0) is 20.9. The maximum Gasteiger partial charge on any atom is 0.318 e. The Morgan fingerprint density at radius 3 is 2.41 bits per heavy atom. The van der Waals surface area contributed by atoms with Crippen molar-refractivity contribution in [3.05, 3.63) is 65.7 Å². The summed E-state index contributed by atoms with van der Waals surface area (Å²) in [6.45, 7) is 4.44. The first-order valence-corrected chi connectivity index (χ1v) is 11.2. The molecule has 2 N–H and O–H groups in total. The number of aryl methyl sites for hydroxylation is 1. The quantitative estimate of drug-likeness (QED) is 0.706. The number of nitrogens with one attached hydrogen (secondary N) is 2. The van der Waals surface area contributed by atoms with E-state index in [9.17, 15) is 13.2 Å². The molecule has 2 aromatic rings. The van der Waals surface area contributed by atoms with E-state index in [1.54, 1.807) is 24.3 Å². The number of nitrogens with zero attached hydrogens (tertiary/aromatic N) is 2. The molecule has 1 fully saturated rings. The summed E-state index contributed by atoms with van der Waals surface area (Å²) < 4.78 is 27.2. The van der Waals surface area contributed by atoms with Gasteiger partial charge in [0.15, 0.2) is 0 Å². The minimum atomic E-state index is -3.58. The third kappa shape index (κ3) is 5.56. The van der Waals surface area contributed by atoms with Crippen molar-refractivity contribution in [2.45, 2.75) is 17.9 Å². The molecule has 3 rings (SSSR count). The highest BCUT2D eigenvalue weighted by molar-refractivity contribution is 7.89. The number of urea groups is 1. The lowest BCUT2D eigenvalue weighted by Gasteiger charge is -2.40. The van der Waals surface area contributed by atoms with Crippen LogP contribution in [0.2, 0.25) is 0 Å². The van der Waals surface area contributed by atoms with Gasteiger partial charge >= 0.3 is 6.03 Å². The largest absolute Gasteiger partial charge is 0.337 e. The molecule has 2 amide bonds. The molecule has 0 aromatic heterocycles. The Kier molecular flexibility index (Phi) is 6.89. The molecule has 1 atom stereocenters. The average molecular weight is 417 g/mol. The highest BCUT2D eigenvalue weighted by Gasteiger charge is 2.30. The fourth-order valence-electron chi connectivity index (χ4n) is 3.38. The van der Waals surface area contributed by atoms with E-state index in [2.05, 4.69) is 14.9 Å². The zero-order valence-corrected chi connectivity index (χ0v) is 17.7. The van der Waals surface area contributed by atoms with E-state index in [0.29, 0.717) is 6.54 Å². The fourth-order valence-corrected chi connectivity index (χ4v) is 4.41. The summed E-state index contributed by atoms with van der Waals surface area (Å²) in [7, 11) is -1.54. The number of benzene rings is 2. The fraction of sp³-hybridized carbons (Fsp3) is 0.381. The molecule has 1 heterocycles. The smallest absolute Gasteiger partial charge is 0.318 e. The van der Waals surface area contributed by atoms with Gasteiger partial charge in [-0.15, -0.1) is 0 Å². The van der Waals surface area contributed by atoms with E-state index in [1.807, 2.05) is 49.2 Å². The topological polar surface area (TPSA) is 81.8 Å². The molecular weight excluding hydrogens is 388 g/mol. The summed E-state index contributed by atoms with van der Waals surface area (Å²) in [6.07, 6.45) is 0. The summed E-state index contributed by atoms with van der Waals surface area (Å²) in [5, 5.41) is 2.84. The van der Waals surface area contributed by atoms with Crippen molar-refractivity contribution in [2.24, 2.45) is 0 Å². The van der Waals surface area contributed by atoms with Crippen LogP contribution in [0.5, 0.6) is 0 Å². The van der Waals surface area contributed by atoms with E-state index in [4.69, 9.17) is 0 Å². The van der Waals surface area contributed by atoms with Gasteiger partial charge in [0.2, 0.25) is 10.0 Å². The van der Waals surface area contributed by atoms with Gasteiger partial charge in [-0.2, -0.15) is 0 Å². The van der Waals surface area contributed by atoms with Crippen LogP contribution in [-0.4, -0.2) is 64.0 Å². The molecule has 0 unspecified atom stereocenters. The Bertz CT molecular complexity index is 917. The van der Waals surface area contributed by atoms with Crippen LogP contribution in [0.3, 0.4) is 0 Å². The highest BCUT2D eigenvalue weighted by Crippen LogP contribution is 2.24. The molecule has 1 saturated heterocycles. The van der Waals surface area contributed by atoms with Gasteiger partial charge in [-0.25, -0.2) is 17.9 Å². The van der Waals surface area contributed by atoms with Gasteiger partial charge in [0.05, 0.1) is 10.9 Å². The number of sulfonamides is 1. The number of piperazine rings is 1. The van der Waals surface area contributed by atoms with E-state index in [1.165, 1.54) is 0 Å². The minimum absolute atomic E-state index is 0.0285. The predicted molar refractivity (Wildman–Crippen MR) is 113 cm³/mol. The Labute approximate surface area is 172 Å². The maximum atomic E-state index is 12.7.